The van der Waals surface area contributed by atoms with Crippen LogP contribution >= 0.6 is 0 Å². The third-order valence-electron chi connectivity index (χ3n) is 7.71. The quantitative estimate of drug-likeness (QED) is 0.241. The molecule has 0 N–H and O–H groups in total. The average Bonchev–Trinajstić information content (AvgIpc) is 3.14. The third kappa shape index (κ3) is 2.85. The van der Waals surface area contributed by atoms with Gasteiger partial charge in [-0.1, -0.05) is 111 Å². The lowest BCUT2D eigenvalue weighted by molar-refractivity contribution is 0.659. The van der Waals surface area contributed by atoms with Gasteiger partial charge in [0.1, 0.15) is 0 Å². The summed E-state index contributed by atoms with van der Waals surface area (Å²) in [5.41, 5.74) is 10.1. The molecule has 1 nitrogen and oxygen atoms in total. The van der Waals surface area contributed by atoms with Crippen LogP contribution in [0.15, 0.2) is 115 Å². The first-order valence-electron chi connectivity index (χ1n) is 12.2. The van der Waals surface area contributed by atoms with Gasteiger partial charge in [-0.3, -0.25) is 4.98 Å². The molecule has 5 aromatic carbocycles. The average molecular weight is 448 g/mol. The van der Waals surface area contributed by atoms with Crippen LogP contribution in [0.5, 0.6) is 0 Å². The van der Waals surface area contributed by atoms with Gasteiger partial charge in [0, 0.05) is 17.2 Å². The zero-order chi connectivity index (χ0) is 23.6. The predicted octanol–water partition coefficient (Wildman–Crippen LogP) is 9.03. The molecule has 0 fully saturated rings. The molecule has 35 heavy (non-hydrogen) atoms. The number of hydrogen-bond donors (Lipinski definition) is 0. The van der Waals surface area contributed by atoms with Gasteiger partial charge in [-0.15, -0.1) is 0 Å². The summed E-state index contributed by atoms with van der Waals surface area (Å²) in [6.07, 6.45) is 1.90. The highest BCUT2D eigenvalue weighted by Gasteiger charge is 2.36. The molecule has 0 aliphatic heterocycles. The molecule has 0 saturated heterocycles. The molecule has 0 unspecified atom stereocenters. The van der Waals surface area contributed by atoms with Crippen LogP contribution in [0.2, 0.25) is 0 Å². The number of hydrogen-bond acceptors (Lipinski definition) is 1. The molecule has 0 bridgehead atoms. The first kappa shape index (κ1) is 20.2. The van der Waals surface area contributed by atoms with E-state index >= 15 is 0 Å². The summed E-state index contributed by atoms with van der Waals surface area (Å²) in [5.74, 6) is 0. The first-order chi connectivity index (χ1) is 17.1. The molecule has 0 spiro atoms. The van der Waals surface area contributed by atoms with Gasteiger partial charge in [-0.25, -0.2) is 0 Å². The van der Waals surface area contributed by atoms with Crippen LogP contribution in [0.4, 0.5) is 0 Å². The molecule has 1 heteroatoms. The van der Waals surface area contributed by atoms with E-state index in [0.29, 0.717) is 0 Å². The molecular formula is C34H25N. The Morgan fingerprint density at radius 3 is 1.71 bits per heavy atom. The molecule has 6 aromatic rings. The molecule has 0 amide bonds. The van der Waals surface area contributed by atoms with E-state index in [4.69, 9.17) is 4.98 Å². The zero-order valence-electron chi connectivity index (χ0n) is 19.9. The standard InChI is InChI=1S/C34H25N/c1-34(2)29-17-10-20-35-33(29)28-19-18-23(21-30(28)34)32-26-15-8-6-13-24(26)31(22-11-4-3-5-12-22)25-14-7-9-16-27(25)32/h3-21H,1-2H3. The van der Waals surface area contributed by atoms with Crippen molar-refractivity contribution in [3.05, 3.63) is 127 Å². The van der Waals surface area contributed by atoms with Crippen molar-refractivity contribution in [3.63, 3.8) is 0 Å². The number of benzene rings is 5. The number of fused-ring (bicyclic) bond motifs is 5. The molecule has 0 saturated carbocycles. The second-order valence-corrected chi connectivity index (χ2v) is 9.99. The van der Waals surface area contributed by atoms with Gasteiger partial charge in [-0.2, -0.15) is 0 Å². The van der Waals surface area contributed by atoms with Crippen LogP contribution in [0.3, 0.4) is 0 Å². The molecule has 1 aromatic heterocycles. The molecule has 7 rings (SSSR count). The van der Waals surface area contributed by atoms with Crippen LogP contribution in [-0.4, -0.2) is 4.98 Å². The van der Waals surface area contributed by atoms with E-state index in [2.05, 4.69) is 123 Å². The van der Waals surface area contributed by atoms with Gasteiger partial charge >= 0.3 is 0 Å². The maximum Gasteiger partial charge on any atom is 0.0745 e. The van der Waals surface area contributed by atoms with Crippen LogP contribution in [-0.2, 0) is 5.41 Å². The third-order valence-corrected chi connectivity index (χ3v) is 7.71. The molecule has 1 aliphatic rings. The lowest BCUT2D eigenvalue weighted by Crippen LogP contribution is -2.15. The molecule has 1 heterocycles. The van der Waals surface area contributed by atoms with Crippen molar-refractivity contribution in [1.29, 1.82) is 0 Å². The van der Waals surface area contributed by atoms with Gasteiger partial charge in [-0.05, 0) is 67.1 Å². The maximum atomic E-state index is 4.74. The fourth-order valence-electron chi connectivity index (χ4n) is 6.05. The fourth-order valence-corrected chi connectivity index (χ4v) is 6.05. The summed E-state index contributed by atoms with van der Waals surface area (Å²) in [7, 11) is 0. The van der Waals surface area contributed by atoms with E-state index in [1.165, 1.54) is 60.5 Å². The summed E-state index contributed by atoms with van der Waals surface area (Å²) in [6, 6.07) is 39.7. The largest absolute Gasteiger partial charge is 0.256 e. The van der Waals surface area contributed by atoms with Gasteiger partial charge in [0.25, 0.3) is 0 Å². The summed E-state index contributed by atoms with van der Waals surface area (Å²) in [4.78, 5) is 4.74. The Kier molecular flexibility index (Phi) is 4.25. The lowest BCUT2D eigenvalue weighted by Gasteiger charge is -2.22. The monoisotopic (exact) mass is 447 g/mol. The predicted molar refractivity (Wildman–Crippen MR) is 148 cm³/mol. The minimum atomic E-state index is -0.0788. The zero-order valence-corrected chi connectivity index (χ0v) is 19.9. The number of nitrogens with zero attached hydrogens (tertiary/aromatic N) is 1. The second kappa shape index (κ2) is 7.38. The lowest BCUT2D eigenvalue weighted by atomic mass is 9.80. The van der Waals surface area contributed by atoms with Gasteiger partial charge in [0.2, 0.25) is 0 Å². The van der Waals surface area contributed by atoms with E-state index in [1.54, 1.807) is 0 Å². The number of rotatable bonds is 2. The Balaban J connectivity index is 1.57. The summed E-state index contributed by atoms with van der Waals surface area (Å²) in [5, 5.41) is 5.15. The highest BCUT2D eigenvalue weighted by atomic mass is 14.7. The summed E-state index contributed by atoms with van der Waals surface area (Å²) < 4.78 is 0. The van der Waals surface area contributed by atoms with Crippen LogP contribution in [0.25, 0.3) is 55.1 Å². The second-order valence-electron chi connectivity index (χ2n) is 9.99. The van der Waals surface area contributed by atoms with E-state index in [1.807, 2.05) is 6.20 Å². The van der Waals surface area contributed by atoms with Gasteiger partial charge in [0.05, 0.1) is 5.69 Å². The van der Waals surface area contributed by atoms with Crippen molar-refractivity contribution in [2.24, 2.45) is 0 Å². The molecular weight excluding hydrogens is 422 g/mol. The van der Waals surface area contributed by atoms with Crippen molar-refractivity contribution in [2.45, 2.75) is 19.3 Å². The highest BCUT2D eigenvalue weighted by Crippen LogP contribution is 2.50. The van der Waals surface area contributed by atoms with E-state index in [9.17, 15) is 0 Å². The van der Waals surface area contributed by atoms with Crippen molar-refractivity contribution in [1.82, 2.24) is 4.98 Å². The van der Waals surface area contributed by atoms with E-state index in [-0.39, 0.29) is 5.41 Å². The highest BCUT2D eigenvalue weighted by molar-refractivity contribution is 6.21. The minimum absolute atomic E-state index is 0.0788. The van der Waals surface area contributed by atoms with Crippen LogP contribution in [0.1, 0.15) is 25.0 Å². The summed E-state index contributed by atoms with van der Waals surface area (Å²) in [6.45, 7) is 4.63. The van der Waals surface area contributed by atoms with Gasteiger partial charge in [0.15, 0.2) is 0 Å². The fraction of sp³-hybridized carbons (Fsp3) is 0.0882. The van der Waals surface area contributed by atoms with Crippen molar-refractivity contribution >= 4 is 21.5 Å². The summed E-state index contributed by atoms with van der Waals surface area (Å²) >= 11 is 0. The van der Waals surface area contributed by atoms with Crippen molar-refractivity contribution < 1.29 is 0 Å². The first-order valence-corrected chi connectivity index (χ1v) is 12.2. The maximum absolute atomic E-state index is 4.74. The Bertz CT molecular complexity index is 1700. The Labute approximate surface area is 205 Å². The van der Waals surface area contributed by atoms with E-state index < -0.39 is 0 Å². The molecule has 166 valence electrons. The van der Waals surface area contributed by atoms with Crippen molar-refractivity contribution in [3.8, 4) is 33.5 Å². The molecule has 0 radical (unpaired) electrons. The van der Waals surface area contributed by atoms with Crippen molar-refractivity contribution in [2.75, 3.05) is 0 Å². The normalized spacial score (nSPS) is 13.7. The van der Waals surface area contributed by atoms with Crippen LogP contribution in [0, 0.1) is 0 Å². The number of aromatic nitrogens is 1. The Morgan fingerprint density at radius 1 is 0.514 bits per heavy atom. The Morgan fingerprint density at radius 2 is 1.09 bits per heavy atom. The molecule has 0 atom stereocenters. The molecule has 1 aliphatic carbocycles. The minimum Gasteiger partial charge on any atom is -0.256 e. The topological polar surface area (TPSA) is 12.9 Å². The smallest absolute Gasteiger partial charge is 0.0745 e. The van der Waals surface area contributed by atoms with Gasteiger partial charge < -0.3 is 0 Å². The Hall–Kier alpha value is -4.23. The van der Waals surface area contributed by atoms with E-state index in [0.717, 1.165) is 5.69 Å². The van der Waals surface area contributed by atoms with Crippen LogP contribution < -0.4 is 0 Å². The SMILES string of the molecule is CC1(C)c2cc(-c3c4ccccc4c(-c4ccccc4)c4ccccc34)ccc2-c2ncccc21. The number of pyridine rings is 1.